The summed E-state index contributed by atoms with van der Waals surface area (Å²) in [5, 5.41) is 4.06. The molecule has 0 aliphatic heterocycles. The van der Waals surface area contributed by atoms with Gasteiger partial charge in [0.25, 0.3) is 0 Å². The highest BCUT2D eigenvalue weighted by Gasteiger charge is 2.09. The fourth-order valence-electron chi connectivity index (χ4n) is 2.15. The molecule has 6 heteroatoms. The van der Waals surface area contributed by atoms with Crippen LogP contribution in [-0.4, -0.2) is 41.9 Å². The second-order valence-electron chi connectivity index (χ2n) is 5.16. The largest absolute Gasteiger partial charge is 0.493 e. The molecule has 0 saturated carbocycles. The summed E-state index contributed by atoms with van der Waals surface area (Å²) >= 11 is 0. The van der Waals surface area contributed by atoms with Gasteiger partial charge in [-0.3, -0.25) is 9.48 Å². The number of benzene rings is 1. The number of methoxy groups -OCH3 is 2. The number of carbonyl (C=O) groups is 1. The van der Waals surface area contributed by atoms with Gasteiger partial charge in [-0.25, -0.2) is 0 Å². The second kappa shape index (κ2) is 7.49. The molecule has 0 saturated heterocycles. The number of rotatable bonds is 6. The third-order valence-corrected chi connectivity index (χ3v) is 3.39. The molecule has 23 heavy (non-hydrogen) atoms. The van der Waals surface area contributed by atoms with Gasteiger partial charge in [-0.05, 0) is 23.8 Å². The van der Waals surface area contributed by atoms with Gasteiger partial charge in [0.1, 0.15) is 0 Å². The minimum absolute atomic E-state index is 0.0800. The highest BCUT2D eigenvalue weighted by Crippen LogP contribution is 2.27. The van der Waals surface area contributed by atoms with Crippen molar-refractivity contribution in [1.29, 1.82) is 0 Å². The van der Waals surface area contributed by atoms with Crippen molar-refractivity contribution in [2.24, 2.45) is 7.05 Å². The van der Waals surface area contributed by atoms with Gasteiger partial charge in [-0.15, -0.1) is 0 Å². The summed E-state index contributed by atoms with van der Waals surface area (Å²) in [6, 6.07) is 5.61. The second-order valence-corrected chi connectivity index (χ2v) is 5.16. The van der Waals surface area contributed by atoms with Crippen molar-refractivity contribution in [2.45, 2.75) is 6.54 Å². The molecule has 0 atom stereocenters. The lowest BCUT2D eigenvalue weighted by Gasteiger charge is -2.16. The fraction of sp³-hybridized carbons (Fsp3) is 0.294. The number of aromatic nitrogens is 2. The van der Waals surface area contributed by atoms with Crippen LogP contribution in [0.4, 0.5) is 0 Å². The Morgan fingerprint density at radius 1 is 1.30 bits per heavy atom. The van der Waals surface area contributed by atoms with Crippen molar-refractivity contribution in [3.63, 3.8) is 0 Å². The minimum atomic E-state index is -0.0800. The molecular formula is C17H21N3O3. The first kappa shape index (κ1) is 16.6. The van der Waals surface area contributed by atoms with E-state index in [1.165, 1.54) is 6.08 Å². The number of hydrogen-bond acceptors (Lipinski definition) is 4. The molecule has 0 radical (unpaired) electrons. The molecular weight excluding hydrogens is 294 g/mol. The van der Waals surface area contributed by atoms with E-state index in [0.717, 1.165) is 11.1 Å². The Labute approximate surface area is 135 Å². The molecule has 1 aromatic carbocycles. The average Bonchev–Trinajstić information content (AvgIpc) is 2.97. The highest BCUT2D eigenvalue weighted by molar-refractivity contribution is 5.91. The lowest BCUT2D eigenvalue weighted by Crippen LogP contribution is -2.24. The van der Waals surface area contributed by atoms with Gasteiger partial charge in [0.2, 0.25) is 5.91 Å². The van der Waals surface area contributed by atoms with E-state index >= 15 is 0 Å². The standard InChI is InChI=1S/C17H21N3O3/c1-19(17(21)8-6-14-10-18-20(2)12-14)11-13-5-7-15(22-3)16(9-13)23-4/h5-10,12H,11H2,1-4H3/b8-6+. The first-order valence-electron chi connectivity index (χ1n) is 7.16. The first-order chi connectivity index (χ1) is 11.0. The summed E-state index contributed by atoms with van der Waals surface area (Å²) in [6.07, 6.45) is 6.84. The van der Waals surface area contributed by atoms with Crippen LogP contribution < -0.4 is 9.47 Å². The molecule has 0 unspecified atom stereocenters. The molecule has 0 spiro atoms. The highest BCUT2D eigenvalue weighted by atomic mass is 16.5. The average molecular weight is 315 g/mol. The van der Waals surface area contributed by atoms with Crippen molar-refractivity contribution in [1.82, 2.24) is 14.7 Å². The van der Waals surface area contributed by atoms with E-state index in [1.54, 1.807) is 43.1 Å². The van der Waals surface area contributed by atoms with Crippen LogP contribution in [0, 0.1) is 0 Å². The Morgan fingerprint density at radius 3 is 2.65 bits per heavy atom. The topological polar surface area (TPSA) is 56.6 Å². The van der Waals surface area contributed by atoms with Crippen molar-refractivity contribution in [3.05, 3.63) is 47.8 Å². The Morgan fingerprint density at radius 2 is 2.04 bits per heavy atom. The minimum Gasteiger partial charge on any atom is -0.493 e. The van der Waals surface area contributed by atoms with Gasteiger partial charge in [-0.1, -0.05) is 6.07 Å². The predicted molar refractivity (Wildman–Crippen MR) is 88.3 cm³/mol. The Balaban J connectivity index is 2.02. The molecule has 0 bridgehead atoms. The van der Waals surface area contributed by atoms with Crippen molar-refractivity contribution in [3.8, 4) is 11.5 Å². The molecule has 1 heterocycles. The predicted octanol–water partition coefficient (Wildman–Crippen LogP) is 2.11. The van der Waals surface area contributed by atoms with Crippen LogP contribution >= 0.6 is 0 Å². The van der Waals surface area contributed by atoms with Gasteiger partial charge in [0, 0.05) is 38.5 Å². The number of aryl methyl sites for hydroxylation is 1. The van der Waals surface area contributed by atoms with Crippen LogP contribution in [-0.2, 0) is 18.4 Å². The molecule has 122 valence electrons. The van der Waals surface area contributed by atoms with E-state index in [2.05, 4.69) is 5.10 Å². The van der Waals surface area contributed by atoms with E-state index in [4.69, 9.17) is 9.47 Å². The molecule has 2 aromatic rings. The number of hydrogen-bond donors (Lipinski definition) is 0. The van der Waals surface area contributed by atoms with Crippen molar-refractivity contribution in [2.75, 3.05) is 21.3 Å². The van der Waals surface area contributed by atoms with Gasteiger partial charge in [-0.2, -0.15) is 5.10 Å². The van der Waals surface area contributed by atoms with Gasteiger partial charge in [0.05, 0.1) is 20.4 Å². The number of ether oxygens (including phenoxy) is 2. The Bertz CT molecular complexity index is 707. The quantitative estimate of drug-likeness (QED) is 0.766. The molecule has 2 rings (SSSR count). The van der Waals surface area contributed by atoms with E-state index in [0.29, 0.717) is 18.0 Å². The zero-order valence-electron chi connectivity index (χ0n) is 13.8. The van der Waals surface area contributed by atoms with Crippen LogP contribution in [0.3, 0.4) is 0 Å². The molecule has 6 nitrogen and oxygen atoms in total. The summed E-state index contributed by atoms with van der Waals surface area (Å²) in [5.41, 5.74) is 1.86. The summed E-state index contributed by atoms with van der Waals surface area (Å²) in [7, 11) is 6.78. The Hall–Kier alpha value is -2.76. The maximum Gasteiger partial charge on any atom is 0.246 e. The van der Waals surface area contributed by atoms with E-state index < -0.39 is 0 Å². The van der Waals surface area contributed by atoms with E-state index in [-0.39, 0.29) is 5.91 Å². The molecule has 0 fully saturated rings. The number of likely N-dealkylation sites (N-methyl/N-ethyl adjacent to an activating group) is 1. The third-order valence-electron chi connectivity index (χ3n) is 3.39. The van der Waals surface area contributed by atoms with Crippen LogP contribution in [0.1, 0.15) is 11.1 Å². The maximum atomic E-state index is 12.2. The van der Waals surface area contributed by atoms with Crippen LogP contribution in [0.25, 0.3) is 6.08 Å². The third kappa shape index (κ3) is 4.35. The van der Waals surface area contributed by atoms with Crippen LogP contribution in [0.15, 0.2) is 36.7 Å². The normalized spacial score (nSPS) is 10.8. The lowest BCUT2D eigenvalue weighted by atomic mass is 10.2. The van der Waals surface area contributed by atoms with Crippen molar-refractivity contribution < 1.29 is 14.3 Å². The number of nitrogens with zero attached hydrogens (tertiary/aromatic N) is 3. The van der Waals surface area contributed by atoms with Gasteiger partial charge < -0.3 is 14.4 Å². The summed E-state index contributed by atoms with van der Waals surface area (Å²) in [4.78, 5) is 13.8. The summed E-state index contributed by atoms with van der Waals surface area (Å²) in [6.45, 7) is 0.483. The van der Waals surface area contributed by atoms with Gasteiger partial charge >= 0.3 is 0 Å². The molecule has 1 aromatic heterocycles. The van der Waals surface area contributed by atoms with Crippen LogP contribution in [0.5, 0.6) is 11.5 Å². The lowest BCUT2D eigenvalue weighted by molar-refractivity contribution is -0.125. The van der Waals surface area contributed by atoms with E-state index in [1.807, 2.05) is 31.4 Å². The SMILES string of the molecule is COc1ccc(CN(C)C(=O)/C=C/c2cnn(C)c2)cc1OC. The summed E-state index contributed by atoms with van der Waals surface area (Å²) < 4.78 is 12.2. The number of carbonyl (C=O) groups excluding carboxylic acids is 1. The maximum absolute atomic E-state index is 12.2. The molecule has 0 N–H and O–H groups in total. The van der Waals surface area contributed by atoms with Crippen molar-refractivity contribution >= 4 is 12.0 Å². The van der Waals surface area contributed by atoms with E-state index in [9.17, 15) is 4.79 Å². The smallest absolute Gasteiger partial charge is 0.246 e. The zero-order valence-corrected chi connectivity index (χ0v) is 13.8. The first-order valence-corrected chi connectivity index (χ1v) is 7.16. The van der Waals surface area contributed by atoms with Crippen LogP contribution in [0.2, 0.25) is 0 Å². The fourth-order valence-corrected chi connectivity index (χ4v) is 2.15. The Kier molecular flexibility index (Phi) is 5.41. The number of amides is 1. The molecule has 0 aliphatic rings. The molecule has 0 aliphatic carbocycles. The zero-order chi connectivity index (χ0) is 16.8. The summed E-state index contributed by atoms with van der Waals surface area (Å²) in [5.74, 6) is 1.24. The molecule has 1 amide bonds. The monoisotopic (exact) mass is 315 g/mol. The van der Waals surface area contributed by atoms with Gasteiger partial charge in [0.15, 0.2) is 11.5 Å².